The van der Waals surface area contributed by atoms with Crippen LogP contribution < -0.4 is 0 Å². The number of benzene rings is 1. The van der Waals surface area contributed by atoms with E-state index in [0.717, 1.165) is 18.4 Å². The summed E-state index contributed by atoms with van der Waals surface area (Å²) in [5.74, 6) is 0.681. The van der Waals surface area contributed by atoms with Crippen LogP contribution >= 0.6 is 0 Å². The van der Waals surface area contributed by atoms with Crippen molar-refractivity contribution in [3.05, 3.63) is 41.6 Å². The molecule has 1 saturated carbocycles. The van der Waals surface area contributed by atoms with Gasteiger partial charge in [-0.3, -0.25) is 4.79 Å². The molecule has 1 aliphatic rings. The maximum Gasteiger partial charge on any atom is 0.309 e. The van der Waals surface area contributed by atoms with Gasteiger partial charge in [0, 0.05) is 11.6 Å². The lowest BCUT2D eigenvalue weighted by Crippen LogP contribution is -2.06. The molecule has 1 aromatic heterocycles. The maximum atomic E-state index is 11.4. The molecule has 0 saturated heterocycles. The summed E-state index contributed by atoms with van der Waals surface area (Å²) in [4.78, 5) is 11.4. The lowest BCUT2D eigenvalue weighted by atomic mass is 10.1. The fourth-order valence-corrected chi connectivity index (χ4v) is 1.82. The van der Waals surface area contributed by atoms with Crippen LogP contribution in [0.1, 0.15) is 24.1 Å². The third kappa shape index (κ3) is 2.84. The lowest BCUT2D eigenvalue weighted by molar-refractivity contribution is -0.146. The number of nitrogens with zero attached hydrogens (tertiary/aromatic N) is 1. The van der Waals surface area contributed by atoms with E-state index in [0.29, 0.717) is 11.5 Å². The number of carbonyl (C=O) groups is 1. The zero-order valence-electron chi connectivity index (χ0n) is 10.8. The van der Waals surface area contributed by atoms with Crippen LogP contribution in [0.5, 0.6) is 0 Å². The van der Waals surface area contributed by atoms with E-state index < -0.39 is 0 Å². The zero-order chi connectivity index (χ0) is 13.2. The number of aromatic nitrogens is 1. The Morgan fingerprint density at radius 2 is 2.11 bits per heavy atom. The molecule has 0 unspecified atom stereocenters. The number of rotatable bonds is 4. The van der Waals surface area contributed by atoms with Crippen LogP contribution in [0, 0.1) is 12.8 Å². The summed E-state index contributed by atoms with van der Waals surface area (Å²) in [6, 6.07) is 9.81. The molecule has 0 radical (unpaired) electrons. The summed E-state index contributed by atoms with van der Waals surface area (Å²) in [5, 5.41) is 3.91. The molecule has 0 spiro atoms. The van der Waals surface area contributed by atoms with Crippen molar-refractivity contribution in [1.82, 2.24) is 5.16 Å². The van der Waals surface area contributed by atoms with Gasteiger partial charge in [0.2, 0.25) is 0 Å². The van der Waals surface area contributed by atoms with Gasteiger partial charge in [-0.25, -0.2) is 0 Å². The van der Waals surface area contributed by atoms with Crippen molar-refractivity contribution in [2.24, 2.45) is 5.92 Å². The van der Waals surface area contributed by atoms with Gasteiger partial charge in [0.15, 0.2) is 5.76 Å². The second-order valence-electron chi connectivity index (χ2n) is 4.93. The van der Waals surface area contributed by atoms with Crippen molar-refractivity contribution in [2.45, 2.75) is 26.4 Å². The smallest absolute Gasteiger partial charge is 0.309 e. The molecule has 4 heteroatoms. The van der Waals surface area contributed by atoms with Gasteiger partial charge in [0.1, 0.15) is 12.3 Å². The van der Waals surface area contributed by atoms with Crippen LogP contribution in [0.15, 0.2) is 34.9 Å². The van der Waals surface area contributed by atoms with Gasteiger partial charge < -0.3 is 9.26 Å². The average Bonchev–Trinajstić information content (AvgIpc) is 3.16. The summed E-state index contributed by atoms with van der Waals surface area (Å²) in [7, 11) is 0. The normalized spacial score (nSPS) is 14.4. The minimum absolute atomic E-state index is 0.114. The largest absolute Gasteiger partial charge is 0.459 e. The average molecular weight is 257 g/mol. The number of carbonyl (C=O) groups excluding carboxylic acids is 1. The first-order valence-corrected chi connectivity index (χ1v) is 6.41. The van der Waals surface area contributed by atoms with Crippen molar-refractivity contribution >= 4 is 5.97 Å². The molecule has 0 N–H and O–H groups in total. The Kier molecular flexibility index (Phi) is 3.07. The number of hydrogen-bond donors (Lipinski definition) is 0. The van der Waals surface area contributed by atoms with Gasteiger partial charge in [-0.15, -0.1) is 0 Å². The summed E-state index contributed by atoms with van der Waals surface area (Å²) in [6.07, 6.45) is 1.90. The van der Waals surface area contributed by atoms with Gasteiger partial charge in [0.05, 0.1) is 5.92 Å². The van der Waals surface area contributed by atoms with Gasteiger partial charge in [0.25, 0.3) is 0 Å². The molecule has 19 heavy (non-hydrogen) atoms. The Morgan fingerprint density at radius 1 is 1.37 bits per heavy atom. The van der Waals surface area contributed by atoms with Gasteiger partial charge in [-0.05, 0) is 19.8 Å². The van der Waals surface area contributed by atoms with Gasteiger partial charge >= 0.3 is 5.97 Å². The van der Waals surface area contributed by atoms with E-state index in [-0.39, 0.29) is 18.5 Å². The molecule has 3 rings (SSSR count). The van der Waals surface area contributed by atoms with E-state index >= 15 is 0 Å². The molecule has 2 aromatic rings. The van der Waals surface area contributed by atoms with E-state index in [1.54, 1.807) is 0 Å². The number of esters is 1. The second kappa shape index (κ2) is 4.88. The number of hydrogen-bond acceptors (Lipinski definition) is 4. The minimum atomic E-state index is -0.125. The van der Waals surface area contributed by atoms with Crippen LogP contribution in [-0.4, -0.2) is 11.1 Å². The van der Waals surface area contributed by atoms with E-state index in [9.17, 15) is 4.79 Å². The summed E-state index contributed by atoms with van der Waals surface area (Å²) >= 11 is 0. The Morgan fingerprint density at radius 3 is 2.79 bits per heavy atom. The summed E-state index contributed by atoms with van der Waals surface area (Å²) in [6.45, 7) is 2.22. The maximum absolute atomic E-state index is 11.4. The topological polar surface area (TPSA) is 52.3 Å². The molecule has 1 aromatic carbocycles. The third-order valence-electron chi connectivity index (χ3n) is 3.17. The number of ether oxygens (including phenoxy) is 1. The monoisotopic (exact) mass is 257 g/mol. The first-order valence-electron chi connectivity index (χ1n) is 6.41. The highest BCUT2D eigenvalue weighted by atomic mass is 16.5. The second-order valence-corrected chi connectivity index (χ2v) is 4.93. The van der Waals surface area contributed by atoms with Crippen LogP contribution in [-0.2, 0) is 16.1 Å². The SMILES string of the molecule is Cc1ccc(-c2cc(COC(=O)C3CC3)no2)cc1. The Hall–Kier alpha value is -2.10. The molecule has 1 heterocycles. The van der Waals surface area contributed by atoms with Crippen LogP contribution in [0.25, 0.3) is 11.3 Å². The van der Waals surface area contributed by atoms with Crippen LogP contribution in [0.3, 0.4) is 0 Å². The van der Waals surface area contributed by atoms with Gasteiger partial charge in [-0.1, -0.05) is 35.0 Å². The van der Waals surface area contributed by atoms with Crippen molar-refractivity contribution in [3.63, 3.8) is 0 Å². The fraction of sp³-hybridized carbons (Fsp3) is 0.333. The van der Waals surface area contributed by atoms with E-state index in [1.807, 2.05) is 37.3 Å². The molecular weight excluding hydrogens is 242 g/mol. The van der Waals surface area contributed by atoms with E-state index in [2.05, 4.69) is 5.16 Å². The van der Waals surface area contributed by atoms with Crippen molar-refractivity contribution in [3.8, 4) is 11.3 Å². The van der Waals surface area contributed by atoms with Crippen LogP contribution in [0.2, 0.25) is 0 Å². The quantitative estimate of drug-likeness (QED) is 0.790. The molecule has 0 amide bonds. The molecular formula is C15H15NO3. The Labute approximate surface area is 111 Å². The molecule has 0 aliphatic heterocycles. The first kappa shape index (κ1) is 12.0. The minimum Gasteiger partial charge on any atom is -0.459 e. The highest BCUT2D eigenvalue weighted by Crippen LogP contribution is 2.30. The molecule has 0 atom stereocenters. The predicted molar refractivity (Wildman–Crippen MR) is 69.2 cm³/mol. The van der Waals surface area contributed by atoms with E-state index in [1.165, 1.54) is 5.56 Å². The number of aryl methyl sites for hydroxylation is 1. The summed E-state index contributed by atoms with van der Waals surface area (Å²) < 4.78 is 10.4. The molecule has 98 valence electrons. The van der Waals surface area contributed by atoms with Crippen LogP contribution in [0.4, 0.5) is 0 Å². The zero-order valence-corrected chi connectivity index (χ0v) is 10.8. The van der Waals surface area contributed by atoms with Crippen molar-refractivity contribution in [1.29, 1.82) is 0 Å². The molecule has 1 fully saturated rings. The molecule has 4 nitrogen and oxygen atoms in total. The third-order valence-corrected chi connectivity index (χ3v) is 3.17. The Bertz CT molecular complexity index is 582. The highest BCUT2D eigenvalue weighted by molar-refractivity contribution is 5.74. The van der Waals surface area contributed by atoms with Crippen molar-refractivity contribution in [2.75, 3.05) is 0 Å². The summed E-state index contributed by atoms with van der Waals surface area (Å²) in [5.41, 5.74) is 2.81. The standard InChI is InChI=1S/C15H15NO3/c1-10-2-4-11(5-3-10)14-8-13(16-19-14)9-18-15(17)12-6-7-12/h2-5,8,12H,6-7,9H2,1H3. The first-order chi connectivity index (χ1) is 9.22. The fourth-order valence-electron chi connectivity index (χ4n) is 1.82. The lowest BCUT2D eigenvalue weighted by Gasteiger charge is -1.99. The molecule has 0 bridgehead atoms. The van der Waals surface area contributed by atoms with Gasteiger partial charge in [-0.2, -0.15) is 0 Å². The molecule has 1 aliphatic carbocycles. The highest BCUT2D eigenvalue weighted by Gasteiger charge is 2.31. The predicted octanol–water partition coefficient (Wildman–Crippen LogP) is 3.10. The Balaban J connectivity index is 1.65. The van der Waals surface area contributed by atoms with E-state index in [4.69, 9.17) is 9.26 Å². The van der Waals surface area contributed by atoms with Crippen molar-refractivity contribution < 1.29 is 14.1 Å².